The van der Waals surface area contributed by atoms with Gasteiger partial charge in [0.2, 0.25) is 5.91 Å². The van der Waals surface area contributed by atoms with Gasteiger partial charge in [-0.2, -0.15) is 0 Å². The first-order valence-corrected chi connectivity index (χ1v) is 11.4. The Balaban J connectivity index is 1.25. The van der Waals surface area contributed by atoms with E-state index in [1.807, 2.05) is 36.5 Å². The Kier molecular flexibility index (Phi) is 6.33. The lowest BCUT2D eigenvalue weighted by Crippen LogP contribution is -2.47. The fraction of sp³-hybridized carbons (Fsp3) is 0.522. The fourth-order valence-corrected chi connectivity index (χ4v) is 5.36. The van der Waals surface area contributed by atoms with Crippen molar-refractivity contribution in [2.45, 2.75) is 51.6 Å². The smallest absolute Gasteiger partial charge is 0.222 e. The molecule has 1 aromatic carbocycles. The third kappa shape index (κ3) is 4.41. The SMILES string of the molecule is CCOc1ccccc1CCC(=O)N1CCC(N2CCc3sccc3C2)CC1. The average molecular weight is 399 g/mol. The first-order chi connectivity index (χ1) is 13.7. The molecule has 3 heterocycles. The van der Waals surface area contributed by atoms with Crippen molar-refractivity contribution in [3.8, 4) is 5.75 Å². The minimum Gasteiger partial charge on any atom is -0.494 e. The number of aryl methyl sites for hydroxylation is 1. The minimum atomic E-state index is 0.281. The van der Waals surface area contributed by atoms with Gasteiger partial charge in [0.1, 0.15) is 5.75 Å². The molecule has 2 aliphatic heterocycles. The second-order valence-electron chi connectivity index (χ2n) is 7.74. The van der Waals surface area contributed by atoms with Gasteiger partial charge in [0.05, 0.1) is 6.61 Å². The largest absolute Gasteiger partial charge is 0.494 e. The molecule has 0 radical (unpaired) electrons. The number of likely N-dealkylation sites (tertiary alicyclic amines) is 1. The lowest BCUT2D eigenvalue weighted by Gasteiger charge is -2.40. The third-order valence-corrected chi connectivity index (χ3v) is 7.07. The van der Waals surface area contributed by atoms with E-state index in [1.165, 1.54) is 18.5 Å². The Morgan fingerprint density at radius 2 is 2.00 bits per heavy atom. The number of rotatable bonds is 6. The van der Waals surface area contributed by atoms with Crippen LogP contribution in [0.4, 0.5) is 0 Å². The van der Waals surface area contributed by atoms with Crippen LogP contribution in [0.15, 0.2) is 35.7 Å². The lowest BCUT2D eigenvalue weighted by atomic mass is 9.99. The van der Waals surface area contributed by atoms with Crippen LogP contribution in [-0.4, -0.2) is 48.0 Å². The van der Waals surface area contributed by atoms with Crippen molar-refractivity contribution in [1.29, 1.82) is 0 Å². The minimum absolute atomic E-state index is 0.281. The number of nitrogens with zero attached hydrogens (tertiary/aromatic N) is 2. The Hall–Kier alpha value is -1.85. The number of fused-ring (bicyclic) bond motifs is 1. The second kappa shape index (κ2) is 9.10. The number of ether oxygens (including phenoxy) is 1. The van der Waals surface area contributed by atoms with Crippen LogP contribution in [0.1, 0.15) is 42.2 Å². The van der Waals surface area contributed by atoms with Crippen molar-refractivity contribution >= 4 is 17.2 Å². The zero-order valence-corrected chi connectivity index (χ0v) is 17.5. The maximum absolute atomic E-state index is 12.7. The highest BCUT2D eigenvalue weighted by atomic mass is 32.1. The predicted molar refractivity (Wildman–Crippen MR) is 114 cm³/mol. The van der Waals surface area contributed by atoms with E-state index in [0.717, 1.165) is 50.2 Å². The van der Waals surface area contributed by atoms with E-state index in [0.29, 0.717) is 19.1 Å². The van der Waals surface area contributed by atoms with E-state index in [4.69, 9.17) is 4.74 Å². The summed E-state index contributed by atoms with van der Waals surface area (Å²) in [5.41, 5.74) is 2.65. The molecule has 28 heavy (non-hydrogen) atoms. The number of carbonyl (C=O) groups is 1. The molecule has 0 unspecified atom stereocenters. The molecule has 1 amide bonds. The number of carbonyl (C=O) groups excluding carboxylic acids is 1. The van der Waals surface area contributed by atoms with Crippen LogP contribution in [0.2, 0.25) is 0 Å². The molecule has 0 saturated carbocycles. The molecular weight excluding hydrogens is 368 g/mol. The number of hydrogen-bond donors (Lipinski definition) is 0. The predicted octanol–water partition coefficient (Wildman–Crippen LogP) is 4.13. The number of thiophene rings is 1. The van der Waals surface area contributed by atoms with E-state index < -0.39 is 0 Å². The van der Waals surface area contributed by atoms with E-state index in [9.17, 15) is 4.79 Å². The molecular formula is C23H30N2O2S. The fourth-order valence-electron chi connectivity index (χ4n) is 4.47. The summed E-state index contributed by atoms with van der Waals surface area (Å²) >= 11 is 1.90. The molecule has 0 atom stereocenters. The van der Waals surface area contributed by atoms with Crippen LogP contribution in [0.5, 0.6) is 5.75 Å². The van der Waals surface area contributed by atoms with Crippen LogP contribution in [0.3, 0.4) is 0 Å². The molecule has 1 aromatic heterocycles. The number of hydrogen-bond acceptors (Lipinski definition) is 4. The van der Waals surface area contributed by atoms with Gasteiger partial charge in [0.15, 0.2) is 0 Å². The van der Waals surface area contributed by atoms with Crippen molar-refractivity contribution in [1.82, 2.24) is 9.80 Å². The van der Waals surface area contributed by atoms with Gasteiger partial charge < -0.3 is 9.64 Å². The molecule has 0 N–H and O–H groups in total. The zero-order valence-electron chi connectivity index (χ0n) is 16.7. The van der Waals surface area contributed by atoms with Gasteiger partial charge in [-0.05, 0) is 61.2 Å². The second-order valence-corrected chi connectivity index (χ2v) is 8.74. The molecule has 1 saturated heterocycles. The van der Waals surface area contributed by atoms with Gasteiger partial charge in [0, 0.05) is 43.5 Å². The van der Waals surface area contributed by atoms with Crippen LogP contribution in [0, 0.1) is 0 Å². The lowest BCUT2D eigenvalue weighted by molar-refractivity contribution is -0.132. The summed E-state index contributed by atoms with van der Waals surface area (Å²) in [5.74, 6) is 1.19. The van der Waals surface area contributed by atoms with Crippen LogP contribution in [-0.2, 0) is 24.2 Å². The summed E-state index contributed by atoms with van der Waals surface area (Å²) in [6, 6.07) is 11.0. The van der Waals surface area contributed by atoms with Crippen molar-refractivity contribution < 1.29 is 9.53 Å². The standard InChI is InChI=1S/C23H30N2O2S/c1-2-27-21-6-4-3-5-18(21)7-8-23(26)24-13-9-20(10-14-24)25-15-11-22-19(17-25)12-16-28-22/h3-6,12,16,20H,2,7-11,13-15,17H2,1H3. The van der Waals surface area contributed by atoms with Gasteiger partial charge in [-0.25, -0.2) is 0 Å². The topological polar surface area (TPSA) is 32.8 Å². The Morgan fingerprint density at radius 3 is 2.82 bits per heavy atom. The summed E-state index contributed by atoms with van der Waals surface area (Å²) in [7, 11) is 0. The third-order valence-electron chi connectivity index (χ3n) is 6.05. The molecule has 0 aliphatic carbocycles. The Labute approximate surface area is 172 Å². The van der Waals surface area contributed by atoms with Gasteiger partial charge >= 0.3 is 0 Å². The molecule has 0 spiro atoms. The van der Waals surface area contributed by atoms with Crippen LogP contribution >= 0.6 is 11.3 Å². The molecule has 2 aliphatic rings. The van der Waals surface area contributed by atoms with E-state index >= 15 is 0 Å². The van der Waals surface area contributed by atoms with Crippen molar-refractivity contribution in [2.75, 3.05) is 26.2 Å². The summed E-state index contributed by atoms with van der Waals surface area (Å²) in [6.45, 7) is 6.69. The zero-order chi connectivity index (χ0) is 19.3. The van der Waals surface area contributed by atoms with Crippen LogP contribution in [0.25, 0.3) is 0 Å². The van der Waals surface area contributed by atoms with Crippen molar-refractivity contribution in [2.24, 2.45) is 0 Å². The Bertz CT molecular complexity index is 795. The molecule has 4 rings (SSSR count). The average Bonchev–Trinajstić information content (AvgIpc) is 3.21. The summed E-state index contributed by atoms with van der Waals surface area (Å²) in [5, 5.41) is 2.22. The van der Waals surface area contributed by atoms with Gasteiger partial charge in [0.25, 0.3) is 0 Å². The molecule has 150 valence electrons. The normalized spacial score (nSPS) is 18.1. The number of para-hydroxylation sites is 1. The highest BCUT2D eigenvalue weighted by Gasteiger charge is 2.29. The highest BCUT2D eigenvalue weighted by Crippen LogP contribution is 2.28. The van der Waals surface area contributed by atoms with Gasteiger partial charge in [-0.3, -0.25) is 9.69 Å². The number of amides is 1. The number of piperidine rings is 1. The highest BCUT2D eigenvalue weighted by molar-refractivity contribution is 7.10. The van der Waals surface area contributed by atoms with E-state index in [2.05, 4.69) is 27.3 Å². The van der Waals surface area contributed by atoms with Gasteiger partial charge in [-0.15, -0.1) is 11.3 Å². The van der Waals surface area contributed by atoms with Crippen molar-refractivity contribution in [3.63, 3.8) is 0 Å². The quantitative estimate of drug-likeness (QED) is 0.733. The number of benzene rings is 1. The van der Waals surface area contributed by atoms with E-state index in [-0.39, 0.29) is 5.91 Å². The molecule has 1 fully saturated rings. The molecule has 4 nitrogen and oxygen atoms in total. The summed E-state index contributed by atoms with van der Waals surface area (Å²) < 4.78 is 5.69. The first kappa shape index (κ1) is 19.5. The maximum Gasteiger partial charge on any atom is 0.222 e. The monoisotopic (exact) mass is 398 g/mol. The van der Waals surface area contributed by atoms with Gasteiger partial charge in [-0.1, -0.05) is 18.2 Å². The van der Waals surface area contributed by atoms with Crippen LogP contribution < -0.4 is 4.74 Å². The molecule has 5 heteroatoms. The van der Waals surface area contributed by atoms with E-state index in [1.54, 1.807) is 4.88 Å². The summed E-state index contributed by atoms with van der Waals surface area (Å²) in [6.07, 6.45) is 4.70. The Morgan fingerprint density at radius 1 is 1.18 bits per heavy atom. The van der Waals surface area contributed by atoms with Crippen molar-refractivity contribution in [3.05, 3.63) is 51.7 Å². The summed E-state index contributed by atoms with van der Waals surface area (Å²) in [4.78, 5) is 19.0. The molecule has 0 bridgehead atoms. The maximum atomic E-state index is 12.7. The first-order valence-electron chi connectivity index (χ1n) is 10.5. The molecule has 2 aromatic rings.